The first kappa shape index (κ1) is 34.1. The summed E-state index contributed by atoms with van der Waals surface area (Å²) >= 11 is 1.76. The highest BCUT2D eigenvalue weighted by Crippen LogP contribution is 2.45. The van der Waals surface area contributed by atoms with E-state index in [0.29, 0.717) is 23.4 Å². The average Bonchev–Trinajstić information content (AvgIpc) is 3.38. The van der Waals surface area contributed by atoms with Gasteiger partial charge in [0.05, 0.1) is 10.4 Å². The van der Waals surface area contributed by atoms with Gasteiger partial charge in [0.25, 0.3) is 11.8 Å². The second kappa shape index (κ2) is 13.9. The van der Waals surface area contributed by atoms with Crippen molar-refractivity contribution in [1.82, 2.24) is 9.88 Å². The maximum absolute atomic E-state index is 14.2. The van der Waals surface area contributed by atoms with Crippen molar-refractivity contribution in [2.75, 3.05) is 48.4 Å². The Morgan fingerprint density at radius 2 is 1.71 bits per heavy atom. The predicted octanol–water partition coefficient (Wildman–Crippen LogP) is 8.78. The lowest BCUT2D eigenvalue weighted by molar-refractivity contribution is -0.000510. The molecule has 0 bridgehead atoms. The van der Waals surface area contributed by atoms with Crippen molar-refractivity contribution in [3.8, 4) is 0 Å². The van der Waals surface area contributed by atoms with Crippen LogP contribution in [0.2, 0.25) is 0 Å². The van der Waals surface area contributed by atoms with Crippen molar-refractivity contribution in [3.63, 3.8) is 0 Å². The number of rotatable bonds is 7. The van der Waals surface area contributed by atoms with Crippen LogP contribution in [0.15, 0.2) is 85.2 Å². The topological polar surface area (TPSA) is 86.8 Å². The minimum atomic E-state index is -0.203. The smallest absolute Gasteiger partial charge is 0.259 e. The van der Waals surface area contributed by atoms with Crippen molar-refractivity contribution in [3.05, 3.63) is 128 Å². The van der Waals surface area contributed by atoms with E-state index in [1.165, 1.54) is 21.6 Å². The molecule has 0 atom stereocenters. The minimum Gasteiger partial charge on any atom is -0.381 e. The first-order valence-corrected chi connectivity index (χ1v) is 19.1. The first-order chi connectivity index (χ1) is 25.2. The SMILES string of the molecule is C=C(Nc1ccccc1C)c1sc2c(c1C)CCN(C(=O)c1ccc(NC(=O)c3cc(C)cnc3N3CC4(CCOCC4)C3)cc1)C1=CCCC=C12. The molecule has 4 aromatic rings. The van der Waals surface area contributed by atoms with Crippen LogP contribution in [0.25, 0.3) is 11.3 Å². The number of amides is 2. The number of aromatic nitrogens is 1. The number of fused-ring (bicyclic) bond motifs is 3. The van der Waals surface area contributed by atoms with E-state index >= 15 is 0 Å². The van der Waals surface area contributed by atoms with Crippen LogP contribution in [0.3, 0.4) is 0 Å². The quantitative estimate of drug-likeness (QED) is 0.199. The number of benzene rings is 2. The second-order valence-corrected chi connectivity index (χ2v) is 15.7. The van der Waals surface area contributed by atoms with Gasteiger partial charge in [-0.2, -0.15) is 0 Å². The number of nitrogens with zero attached hydrogens (tertiary/aromatic N) is 3. The van der Waals surface area contributed by atoms with E-state index in [2.05, 4.69) is 65.2 Å². The minimum absolute atomic E-state index is 0.0411. The molecule has 2 amide bonds. The molecule has 2 aromatic heterocycles. The summed E-state index contributed by atoms with van der Waals surface area (Å²) < 4.78 is 5.58. The highest BCUT2D eigenvalue weighted by atomic mass is 32.1. The maximum atomic E-state index is 14.2. The van der Waals surface area contributed by atoms with Crippen molar-refractivity contribution >= 4 is 51.6 Å². The molecule has 1 aliphatic carbocycles. The number of anilines is 3. The van der Waals surface area contributed by atoms with E-state index in [9.17, 15) is 9.59 Å². The highest BCUT2D eigenvalue weighted by Gasteiger charge is 2.45. The summed E-state index contributed by atoms with van der Waals surface area (Å²) in [5.41, 5.74) is 10.7. The Labute approximate surface area is 309 Å². The Kier molecular flexibility index (Phi) is 9.09. The number of aryl methyl sites for hydroxylation is 2. The van der Waals surface area contributed by atoms with Crippen molar-refractivity contribution in [1.29, 1.82) is 0 Å². The lowest BCUT2D eigenvalue weighted by Gasteiger charge is -2.53. The van der Waals surface area contributed by atoms with Gasteiger partial charge in [-0.15, -0.1) is 11.3 Å². The Bertz CT molecular complexity index is 2130. The molecular formula is C43H45N5O3S. The molecule has 0 unspecified atom stereocenters. The molecule has 266 valence electrons. The number of nitrogens with one attached hydrogen (secondary N) is 2. The number of hydrogen-bond donors (Lipinski definition) is 2. The zero-order chi connectivity index (χ0) is 36.0. The van der Waals surface area contributed by atoms with Gasteiger partial charge >= 0.3 is 0 Å². The highest BCUT2D eigenvalue weighted by molar-refractivity contribution is 7.14. The van der Waals surface area contributed by atoms with Gasteiger partial charge in [-0.05, 0) is 112 Å². The number of carbonyl (C=O) groups excluding carboxylic acids is 2. The largest absolute Gasteiger partial charge is 0.381 e. The molecule has 2 saturated heterocycles. The average molecular weight is 712 g/mol. The molecule has 8 nitrogen and oxygen atoms in total. The lowest BCUT2D eigenvalue weighted by Crippen LogP contribution is -2.59. The molecular weight excluding hydrogens is 667 g/mol. The predicted molar refractivity (Wildman–Crippen MR) is 211 cm³/mol. The van der Waals surface area contributed by atoms with Crippen molar-refractivity contribution < 1.29 is 14.3 Å². The van der Waals surface area contributed by atoms with Crippen LogP contribution in [0.1, 0.15) is 78.4 Å². The molecule has 5 heterocycles. The van der Waals surface area contributed by atoms with Crippen molar-refractivity contribution in [2.24, 2.45) is 5.41 Å². The third-order valence-electron chi connectivity index (χ3n) is 11.0. The van der Waals surface area contributed by atoms with Gasteiger partial charge in [0.2, 0.25) is 0 Å². The Morgan fingerprint density at radius 1 is 0.962 bits per heavy atom. The monoisotopic (exact) mass is 711 g/mol. The third kappa shape index (κ3) is 6.37. The molecule has 3 aliphatic heterocycles. The fourth-order valence-electron chi connectivity index (χ4n) is 8.03. The second-order valence-electron chi connectivity index (χ2n) is 14.7. The number of thiophene rings is 1. The summed E-state index contributed by atoms with van der Waals surface area (Å²) in [5.74, 6) is 0.478. The fraction of sp³-hybridized carbons (Fsp3) is 0.326. The summed E-state index contributed by atoms with van der Waals surface area (Å²) in [6.07, 6.45) is 11.0. The Balaban J connectivity index is 0.972. The zero-order valence-corrected chi connectivity index (χ0v) is 31.0. The molecule has 52 heavy (non-hydrogen) atoms. The third-order valence-corrected chi connectivity index (χ3v) is 12.4. The van der Waals surface area contributed by atoms with E-state index in [0.717, 1.165) is 97.3 Å². The normalized spacial score (nSPS) is 17.6. The van der Waals surface area contributed by atoms with Gasteiger partial charge in [0.15, 0.2) is 0 Å². The van der Waals surface area contributed by atoms with Gasteiger partial charge in [-0.3, -0.25) is 9.59 Å². The van der Waals surface area contributed by atoms with Crippen LogP contribution >= 0.6 is 11.3 Å². The number of hydrogen-bond acceptors (Lipinski definition) is 7. The molecule has 8 rings (SSSR count). The van der Waals surface area contributed by atoms with E-state index in [1.807, 2.05) is 60.5 Å². The van der Waals surface area contributed by atoms with Crippen LogP contribution in [-0.4, -0.2) is 54.5 Å². The summed E-state index contributed by atoms with van der Waals surface area (Å²) in [7, 11) is 0. The summed E-state index contributed by atoms with van der Waals surface area (Å²) in [6, 6.07) is 17.4. The molecule has 2 aromatic carbocycles. The van der Waals surface area contributed by atoms with Gasteiger partial charge in [0, 0.05) is 83.2 Å². The van der Waals surface area contributed by atoms with Crippen LogP contribution in [0, 0.1) is 26.2 Å². The van der Waals surface area contributed by atoms with Crippen LogP contribution in [0.5, 0.6) is 0 Å². The summed E-state index contributed by atoms with van der Waals surface area (Å²) in [6.45, 7) is 14.6. The molecule has 4 aliphatic rings. The summed E-state index contributed by atoms with van der Waals surface area (Å²) in [5, 5.41) is 6.61. The number of para-hydroxylation sites is 1. The van der Waals surface area contributed by atoms with E-state index < -0.39 is 0 Å². The number of allylic oxidation sites excluding steroid dienone is 3. The van der Waals surface area contributed by atoms with Crippen LogP contribution in [0.4, 0.5) is 17.2 Å². The van der Waals surface area contributed by atoms with E-state index in [4.69, 9.17) is 4.74 Å². The molecule has 1 spiro atoms. The molecule has 0 radical (unpaired) electrons. The number of carbonyl (C=O) groups is 2. The zero-order valence-electron chi connectivity index (χ0n) is 30.2. The first-order valence-electron chi connectivity index (χ1n) is 18.3. The number of ether oxygens (including phenoxy) is 1. The van der Waals surface area contributed by atoms with Gasteiger partial charge < -0.3 is 25.2 Å². The van der Waals surface area contributed by atoms with E-state index in [-0.39, 0.29) is 17.2 Å². The van der Waals surface area contributed by atoms with Crippen LogP contribution < -0.4 is 15.5 Å². The van der Waals surface area contributed by atoms with Gasteiger partial charge in [-0.25, -0.2) is 4.98 Å². The molecule has 2 fully saturated rings. The standard InChI is InChI=1S/C43H45N5O3S/c1-27-23-35(40(44-24-27)47-25-43(26-47)18-21-51-22-19-43)41(49)46-32-15-13-31(14-16-32)42(50)48-20-17-33-29(3)38(30(4)45-36-11-7-5-9-28(36)2)52-39(33)34-10-6-8-12-37(34)48/h5,7,9-16,23-24,45H,4,6,8,17-22,25-26H2,1-3H3,(H,46,49). The van der Waals surface area contributed by atoms with Crippen LogP contribution in [-0.2, 0) is 11.2 Å². The maximum Gasteiger partial charge on any atom is 0.259 e. The Morgan fingerprint density at radius 3 is 2.48 bits per heavy atom. The molecule has 9 heteroatoms. The van der Waals surface area contributed by atoms with Gasteiger partial charge in [-0.1, -0.05) is 36.9 Å². The van der Waals surface area contributed by atoms with Gasteiger partial charge in [0.1, 0.15) is 5.82 Å². The van der Waals surface area contributed by atoms with Crippen molar-refractivity contribution in [2.45, 2.75) is 52.9 Å². The number of pyridine rings is 1. The molecule has 2 N–H and O–H groups in total. The van der Waals surface area contributed by atoms with E-state index in [1.54, 1.807) is 11.3 Å². The Hall–Kier alpha value is -4.99. The fourth-order valence-corrected chi connectivity index (χ4v) is 9.36. The summed E-state index contributed by atoms with van der Waals surface area (Å²) in [4.78, 5) is 39.0. The lowest BCUT2D eigenvalue weighted by atomic mass is 9.73. The molecule has 0 saturated carbocycles.